The number of ketones is 1. The highest BCUT2D eigenvalue weighted by Gasteiger charge is 2.39. The molecule has 1 aliphatic carbocycles. The van der Waals surface area contributed by atoms with Crippen molar-refractivity contribution in [2.24, 2.45) is 5.92 Å². The van der Waals surface area contributed by atoms with Crippen molar-refractivity contribution in [3.05, 3.63) is 81.1 Å². The second kappa shape index (κ2) is 7.29. The van der Waals surface area contributed by atoms with E-state index >= 15 is 0 Å². The third-order valence-electron chi connectivity index (χ3n) is 5.90. The monoisotopic (exact) mass is 437 g/mol. The van der Waals surface area contributed by atoms with Crippen molar-refractivity contribution >= 4 is 34.8 Å². The number of rotatable bonds is 2. The standard InChI is InChI=1S/C24H21Cl2N3O/c1-13-10-19-22(20(30)11-13)23(17-9-8-16(25)12-18(17)26)29-24(27-19)21(14(2)28-29)15-6-4-3-5-7-15/h3-9,12-13,23,27H,10-11H2,1-2H3/t13-,23+/m1/s1. The Morgan fingerprint density at radius 1 is 1.10 bits per heavy atom. The molecule has 1 aliphatic heterocycles. The van der Waals surface area contributed by atoms with Crippen LogP contribution in [0.1, 0.15) is 37.1 Å². The van der Waals surface area contributed by atoms with Crippen molar-refractivity contribution in [3.8, 4) is 11.1 Å². The van der Waals surface area contributed by atoms with Crippen molar-refractivity contribution in [3.63, 3.8) is 0 Å². The molecule has 1 aromatic heterocycles. The normalized spacial score (nSPS) is 20.6. The quantitative estimate of drug-likeness (QED) is 0.501. The van der Waals surface area contributed by atoms with Crippen molar-refractivity contribution in [2.75, 3.05) is 5.32 Å². The average Bonchev–Trinajstić information content (AvgIpc) is 3.02. The zero-order chi connectivity index (χ0) is 21.0. The van der Waals surface area contributed by atoms with Crippen LogP contribution in [0.25, 0.3) is 11.1 Å². The lowest BCUT2D eigenvalue weighted by Gasteiger charge is -2.35. The minimum Gasteiger partial charge on any atom is -0.343 e. The minimum absolute atomic E-state index is 0.146. The number of nitrogens with one attached hydrogen (secondary N) is 1. The second-order valence-corrected chi connectivity index (χ2v) is 8.99. The van der Waals surface area contributed by atoms with E-state index in [1.54, 1.807) is 6.07 Å². The van der Waals surface area contributed by atoms with Gasteiger partial charge in [-0.25, -0.2) is 4.68 Å². The number of fused-ring (bicyclic) bond motifs is 1. The number of anilines is 1. The summed E-state index contributed by atoms with van der Waals surface area (Å²) in [5.74, 6) is 1.34. The number of hydrogen-bond donors (Lipinski definition) is 1. The van der Waals surface area contributed by atoms with Gasteiger partial charge in [0.1, 0.15) is 11.9 Å². The Labute approximate surface area is 185 Å². The number of halogens is 2. The van der Waals surface area contributed by atoms with Crippen LogP contribution in [0, 0.1) is 12.8 Å². The molecular weight excluding hydrogens is 417 g/mol. The number of benzene rings is 2. The molecule has 30 heavy (non-hydrogen) atoms. The van der Waals surface area contributed by atoms with Gasteiger partial charge in [-0.15, -0.1) is 0 Å². The molecule has 2 atom stereocenters. The van der Waals surface area contributed by atoms with Crippen LogP contribution in [0.5, 0.6) is 0 Å². The largest absolute Gasteiger partial charge is 0.343 e. The van der Waals surface area contributed by atoms with E-state index in [0.29, 0.717) is 22.4 Å². The topological polar surface area (TPSA) is 46.9 Å². The first-order valence-electron chi connectivity index (χ1n) is 10.1. The number of carbonyl (C=O) groups is 1. The first-order chi connectivity index (χ1) is 14.4. The van der Waals surface area contributed by atoms with E-state index < -0.39 is 0 Å². The summed E-state index contributed by atoms with van der Waals surface area (Å²) in [4.78, 5) is 13.2. The van der Waals surface area contributed by atoms with Crippen molar-refractivity contribution < 1.29 is 4.79 Å². The van der Waals surface area contributed by atoms with Gasteiger partial charge in [0.05, 0.1) is 5.69 Å². The summed E-state index contributed by atoms with van der Waals surface area (Å²) in [6.45, 7) is 4.11. The Kier molecular flexibility index (Phi) is 4.72. The predicted octanol–water partition coefficient (Wildman–Crippen LogP) is 6.43. The van der Waals surface area contributed by atoms with Crippen LogP contribution >= 0.6 is 23.2 Å². The molecule has 0 spiro atoms. The lowest BCUT2D eigenvalue weighted by Crippen LogP contribution is -2.33. The molecule has 0 amide bonds. The summed E-state index contributed by atoms with van der Waals surface area (Å²) >= 11 is 12.8. The van der Waals surface area contributed by atoms with Crippen LogP contribution in [-0.4, -0.2) is 15.6 Å². The summed E-state index contributed by atoms with van der Waals surface area (Å²) in [6.07, 6.45) is 1.35. The van der Waals surface area contributed by atoms with Gasteiger partial charge < -0.3 is 5.32 Å². The summed E-state index contributed by atoms with van der Waals surface area (Å²) in [5, 5.41) is 9.54. The van der Waals surface area contributed by atoms with Gasteiger partial charge in [0.25, 0.3) is 0 Å². The van der Waals surface area contributed by atoms with Gasteiger partial charge in [-0.05, 0) is 37.0 Å². The third-order valence-corrected chi connectivity index (χ3v) is 6.47. The maximum absolute atomic E-state index is 13.2. The predicted molar refractivity (Wildman–Crippen MR) is 121 cm³/mol. The van der Waals surface area contributed by atoms with E-state index in [0.717, 1.165) is 45.9 Å². The smallest absolute Gasteiger partial charge is 0.163 e. The zero-order valence-electron chi connectivity index (χ0n) is 16.7. The molecule has 2 heterocycles. The summed E-state index contributed by atoms with van der Waals surface area (Å²) in [7, 11) is 0. The highest BCUT2D eigenvalue weighted by atomic mass is 35.5. The Morgan fingerprint density at radius 3 is 2.60 bits per heavy atom. The van der Waals surface area contributed by atoms with E-state index in [9.17, 15) is 4.79 Å². The minimum atomic E-state index is -0.378. The number of carbonyl (C=O) groups excluding carboxylic acids is 1. The molecule has 0 bridgehead atoms. The maximum atomic E-state index is 13.2. The van der Waals surface area contributed by atoms with Crippen molar-refractivity contribution in [1.29, 1.82) is 0 Å². The van der Waals surface area contributed by atoms with E-state index in [4.69, 9.17) is 28.3 Å². The zero-order valence-corrected chi connectivity index (χ0v) is 18.3. The number of allylic oxidation sites excluding steroid dienone is 2. The molecule has 3 aromatic rings. The van der Waals surface area contributed by atoms with Gasteiger partial charge in [-0.3, -0.25) is 4.79 Å². The molecule has 0 radical (unpaired) electrons. The second-order valence-electron chi connectivity index (χ2n) is 8.14. The molecule has 4 nitrogen and oxygen atoms in total. The third kappa shape index (κ3) is 3.06. The fraction of sp³-hybridized carbons (Fsp3) is 0.250. The van der Waals surface area contributed by atoms with E-state index in [1.807, 2.05) is 41.9 Å². The Bertz CT molecular complexity index is 1200. The molecule has 0 saturated heterocycles. The van der Waals surface area contributed by atoms with Crippen molar-refractivity contribution in [2.45, 2.75) is 32.7 Å². The Balaban J connectivity index is 1.77. The first kappa shape index (κ1) is 19.4. The van der Waals surface area contributed by atoms with Crippen LogP contribution in [-0.2, 0) is 4.79 Å². The van der Waals surface area contributed by atoms with Crippen molar-refractivity contribution in [1.82, 2.24) is 9.78 Å². The van der Waals surface area contributed by atoms with Gasteiger partial charge in [0.2, 0.25) is 0 Å². The van der Waals surface area contributed by atoms with Crippen LogP contribution in [0.3, 0.4) is 0 Å². The number of aromatic nitrogens is 2. The summed E-state index contributed by atoms with van der Waals surface area (Å²) < 4.78 is 1.92. The van der Waals surface area contributed by atoms with Crippen LogP contribution < -0.4 is 5.32 Å². The van der Waals surface area contributed by atoms with Gasteiger partial charge in [0.15, 0.2) is 5.78 Å². The fourth-order valence-electron chi connectivity index (χ4n) is 4.64. The molecule has 0 unspecified atom stereocenters. The maximum Gasteiger partial charge on any atom is 0.163 e. The lowest BCUT2D eigenvalue weighted by molar-refractivity contribution is -0.117. The lowest BCUT2D eigenvalue weighted by atomic mass is 9.81. The first-order valence-corrected chi connectivity index (χ1v) is 10.8. The van der Waals surface area contributed by atoms with E-state index in [2.05, 4.69) is 24.4 Å². The number of aryl methyl sites for hydroxylation is 1. The highest BCUT2D eigenvalue weighted by Crippen LogP contribution is 2.47. The SMILES string of the molecule is Cc1nn2c(c1-c1ccccc1)NC1=C(C(=O)C[C@H](C)C1)[C@@H]2c1ccc(Cl)cc1Cl. The molecule has 5 rings (SSSR count). The molecule has 2 aromatic carbocycles. The van der Waals surface area contributed by atoms with Crippen LogP contribution in [0.2, 0.25) is 10.0 Å². The van der Waals surface area contributed by atoms with Gasteiger partial charge in [-0.1, -0.05) is 66.5 Å². The summed E-state index contributed by atoms with van der Waals surface area (Å²) in [5.41, 5.74) is 5.60. The van der Waals surface area contributed by atoms with Crippen LogP contribution in [0.4, 0.5) is 5.82 Å². The average molecular weight is 438 g/mol. The van der Waals surface area contributed by atoms with Gasteiger partial charge in [-0.2, -0.15) is 5.10 Å². The molecule has 6 heteroatoms. The van der Waals surface area contributed by atoms with Gasteiger partial charge in [0, 0.05) is 38.9 Å². The number of hydrogen-bond acceptors (Lipinski definition) is 3. The summed E-state index contributed by atoms with van der Waals surface area (Å²) in [6, 6.07) is 15.3. The Hall–Kier alpha value is -2.56. The van der Waals surface area contributed by atoms with Gasteiger partial charge >= 0.3 is 0 Å². The molecule has 0 saturated carbocycles. The highest BCUT2D eigenvalue weighted by molar-refractivity contribution is 6.35. The van der Waals surface area contributed by atoms with Crippen LogP contribution in [0.15, 0.2) is 59.8 Å². The fourth-order valence-corrected chi connectivity index (χ4v) is 5.15. The molecular formula is C24H21Cl2N3O. The van der Waals surface area contributed by atoms with E-state index in [-0.39, 0.29) is 11.8 Å². The Morgan fingerprint density at radius 2 is 1.87 bits per heavy atom. The molecule has 152 valence electrons. The number of Topliss-reactive ketones (excluding diaryl/α,β-unsaturated/α-hetero) is 1. The molecule has 1 N–H and O–H groups in total. The number of nitrogens with zero attached hydrogens (tertiary/aromatic N) is 2. The molecule has 0 fully saturated rings. The van der Waals surface area contributed by atoms with E-state index in [1.165, 1.54) is 0 Å². The molecule has 2 aliphatic rings.